The number of hydrazone groups is 1. The van der Waals surface area contributed by atoms with Gasteiger partial charge in [0.05, 0.1) is 25.8 Å². The van der Waals surface area contributed by atoms with Crippen LogP contribution in [0, 0.1) is 0 Å². The van der Waals surface area contributed by atoms with Crippen LogP contribution < -0.4 is 15.5 Å². The van der Waals surface area contributed by atoms with E-state index in [0.717, 1.165) is 21.9 Å². The molecule has 0 saturated heterocycles. The molecule has 3 aromatic carbocycles. The van der Waals surface area contributed by atoms with Crippen molar-refractivity contribution < 1.29 is 14.3 Å². The van der Waals surface area contributed by atoms with Crippen LogP contribution >= 0.6 is 11.6 Å². The van der Waals surface area contributed by atoms with Gasteiger partial charge in [0, 0.05) is 10.6 Å². The molecule has 0 spiro atoms. The molecule has 2 N–H and O–H groups in total. The van der Waals surface area contributed by atoms with Gasteiger partial charge >= 0.3 is 0 Å². The standard InChI is InChI=1S/C23H22ClN3O3/c1-2-30-21-12-9-17-5-3-4-6-19(17)20(21)14-26-27-23(29)15-25-22(28)13-16-7-10-18(24)11-8-16/h3-12,14H,2,13,15H2,1H3,(H,25,28)(H,27,29). The molecule has 0 atom stereocenters. The molecule has 154 valence electrons. The zero-order chi connectivity index (χ0) is 21.3. The highest BCUT2D eigenvalue weighted by molar-refractivity contribution is 6.30. The predicted octanol–water partition coefficient (Wildman–Crippen LogP) is 3.70. The fourth-order valence-corrected chi connectivity index (χ4v) is 3.05. The molecule has 0 aliphatic heterocycles. The Labute approximate surface area is 179 Å². The Morgan fingerprint density at radius 1 is 1.03 bits per heavy atom. The summed E-state index contributed by atoms with van der Waals surface area (Å²) in [4.78, 5) is 24.0. The first-order valence-electron chi connectivity index (χ1n) is 9.54. The second kappa shape index (κ2) is 10.4. The molecule has 3 aromatic rings. The van der Waals surface area contributed by atoms with Gasteiger partial charge < -0.3 is 10.1 Å². The SMILES string of the molecule is CCOc1ccc2ccccc2c1C=NNC(=O)CNC(=O)Cc1ccc(Cl)cc1. The van der Waals surface area contributed by atoms with Crippen molar-refractivity contribution in [3.05, 3.63) is 76.8 Å². The van der Waals surface area contributed by atoms with Gasteiger partial charge in [-0.1, -0.05) is 54.1 Å². The first-order chi connectivity index (χ1) is 14.6. The van der Waals surface area contributed by atoms with E-state index in [4.69, 9.17) is 16.3 Å². The lowest BCUT2D eigenvalue weighted by Crippen LogP contribution is -2.35. The number of carbonyl (C=O) groups excluding carboxylic acids is 2. The maximum atomic E-state index is 12.0. The fourth-order valence-electron chi connectivity index (χ4n) is 2.93. The number of rotatable bonds is 8. The number of benzene rings is 3. The summed E-state index contributed by atoms with van der Waals surface area (Å²) in [5.74, 6) is 0.00325. The van der Waals surface area contributed by atoms with Gasteiger partial charge in [-0.3, -0.25) is 9.59 Å². The highest BCUT2D eigenvalue weighted by atomic mass is 35.5. The summed E-state index contributed by atoms with van der Waals surface area (Å²) in [6.07, 6.45) is 1.72. The van der Waals surface area contributed by atoms with E-state index in [0.29, 0.717) is 17.4 Å². The van der Waals surface area contributed by atoms with Gasteiger partial charge in [0.15, 0.2) is 0 Å². The average Bonchev–Trinajstić information content (AvgIpc) is 2.75. The number of ether oxygens (including phenoxy) is 1. The normalized spacial score (nSPS) is 10.9. The Morgan fingerprint density at radius 2 is 1.80 bits per heavy atom. The minimum atomic E-state index is -0.422. The Hall–Kier alpha value is -3.38. The van der Waals surface area contributed by atoms with Crippen LogP contribution in [-0.4, -0.2) is 31.2 Å². The van der Waals surface area contributed by atoms with E-state index < -0.39 is 5.91 Å². The summed E-state index contributed by atoms with van der Waals surface area (Å²) in [5, 5.41) is 9.23. The average molecular weight is 424 g/mol. The number of fused-ring (bicyclic) bond motifs is 1. The molecule has 30 heavy (non-hydrogen) atoms. The Balaban J connectivity index is 1.57. The summed E-state index contributed by atoms with van der Waals surface area (Å²) < 4.78 is 5.68. The second-order valence-electron chi connectivity index (χ2n) is 6.50. The van der Waals surface area contributed by atoms with Crippen molar-refractivity contribution >= 4 is 40.4 Å². The third-order valence-electron chi connectivity index (χ3n) is 4.34. The van der Waals surface area contributed by atoms with Crippen LogP contribution in [0.4, 0.5) is 0 Å². The summed E-state index contributed by atoms with van der Waals surface area (Å²) in [7, 11) is 0. The van der Waals surface area contributed by atoms with Crippen LogP contribution in [0.15, 0.2) is 65.8 Å². The van der Waals surface area contributed by atoms with E-state index in [1.807, 2.05) is 43.3 Å². The quantitative estimate of drug-likeness (QED) is 0.428. The first-order valence-corrected chi connectivity index (χ1v) is 9.92. The molecule has 0 saturated carbocycles. The van der Waals surface area contributed by atoms with Crippen LogP contribution in [0.3, 0.4) is 0 Å². The Morgan fingerprint density at radius 3 is 2.57 bits per heavy atom. The van der Waals surface area contributed by atoms with Gasteiger partial charge in [0.2, 0.25) is 5.91 Å². The third-order valence-corrected chi connectivity index (χ3v) is 4.59. The topological polar surface area (TPSA) is 79.8 Å². The smallest absolute Gasteiger partial charge is 0.259 e. The van der Waals surface area contributed by atoms with Crippen LogP contribution in [0.1, 0.15) is 18.1 Å². The lowest BCUT2D eigenvalue weighted by Gasteiger charge is -2.10. The molecule has 0 unspecified atom stereocenters. The summed E-state index contributed by atoms with van der Waals surface area (Å²) in [6.45, 7) is 2.26. The molecule has 0 bridgehead atoms. The van der Waals surface area contributed by atoms with E-state index in [2.05, 4.69) is 15.8 Å². The van der Waals surface area contributed by atoms with Gasteiger partial charge in [-0.05, 0) is 41.5 Å². The van der Waals surface area contributed by atoms with Gasteiger partial charge in [-0.2, -0.15) is 5.10 Å². The number of hydrogen-bond donors (Lipinski definition) is 2. The molecular weight excluding hydrogens is 402 g/mol. The Bertz CT molecular complexity index is 1060. The van der Waals surface area contributed by atoms with Gasteiger partial charge in [-0.15, -0.1) is 0 Å². The maximum Gasteiger partial charge on any atom is 0.259 e. The molecule has 0 aliphatic carbocycles. The molecule has 7 heteroatoms. The number of hydrogen-bond acceptors (Lipinski definition) is 4. The zero-order valence-electron chi connectivity index (χ0n) is 16.5. The van der Waals surface area contributed by atoms with Crippen molar-refractivity contribution in [2.75, 3.05) is 13.2 Å². The molecule has 0 aromatic heterocycles. The summed E-state index contributed by atoms with van der Waals surface area (Å²) in [6, 6.07) is 18.7. The summed E-state index contributed by atoms with van der Waals surface area (Å²) in [5.41, 5.74) is 4.03. The lowest BCUT2D eigenvalue weighted by atomic mass is 10.0. The first kappa shape index (κ1) is 21.3. The molecule has 3 rings (SSSR count). The van der Waals surface area contributed by atoms with E-state index >= 15 is 0 Å². The van der Waals surface area contributed by atoms with E-state index in [1.54, 1.807) is 30.5 Å². The van der Waals surface area contributed by atoms with Crippen LogP contribution in [0.2, 0.25) is 5.02 Å². The minimum Gasteiger partial charge on any atom is -0.493 e. The molecule has 6 nitrogen and oxygen atoms in total. The van der Waals surface area contributed by atoms with Crippen LogP contribution in [0.25, 0.3) is 10.8 Å². The number of nitrogens with one attached hydrogen (secondary N) is 2. The number of amides is 2. The highest BCUT2D eigenvalue weighted by Gasteiger charge is 2.08. The van der Waals surface area contributed by atoms with Crippen molar-refractivity contribution in [3.63, 3.8) is 0 Å². The summed E-state index contributed by atoms with van der Waals surface area (Å²) >= 11 is 5.83. The van der Waals surface area contributed by atoms with Gasteiger partial charge in [0.1, 0.15) is 5.75 Å². The van der Waals surface area contributed by atoms with E-state index in [1.165, 1.54) is 0 Å². The van der Waals surface area contributed by atoms with Crippen molar-refractivity contribution in [2.24, 2.45) is 5.10 Å². The number of halogens is 1. The zero-order valence-corrected chi connectivity index (χ0v) is 17.3. The fraction of sp³-hybridized carbons (Fsp3) is 0.174. The van der Waals surface area contributed by atoms with E-state index in [-0.39, 0.29) is 18.9 Å². The monoisotopic (exact) mass is 423 g/mol. The van der Waals surface area contributed by atoms with Gasteiger partial charge in [-0.25, -0.2) is 5.43 Å². The van der Waals surface area contributed by atoms with Crippen molar-refractivity contribution in [3.8, 4) is 5.75 Å². The molecular formula is C23H22ClN3O3. The van der Waals surface area contributed by atoms with Crippen LogP contribution in [-0.2, 0) is 16.0 Å². The second-order valence-corrected chi connectivity index (χ2v) is 6.94. The third kappa shape index (κ3) is 5.81. The number of nitrogens with zero attached hydrogens (tertiary/aromatic N) is 1. The van der Waals surface area contributed by atoms with E-state index in [9.17, 15) is 9.59 Å². The predicted molar refractivity (Wildman–Crippen MR) is 119 cm³/mol. The highest BCUT2D eigenvalue weighted by Crippen LogP contribution is 2.26. The molecule has 2 amide bonds. The van der Waals surface area contributed by atoms with Crippen molar-refractivity contribution in [1.82, 2.24) is 10.7 Å². The largest absolute Gasteiger partial charge is 0.493 e. The van der Waals surface area contributed by atoms with Crippen molar-refractivity contribution in [2.45, 2.75) is 13.3 Å². The van der Waals surface area contributed by atoms with Gasteiger partial charge in [0.25, 0.3) is 5.91 Å². The molecule has 0 fully saturated rings. The van der Waals surface area contributed by atoms with Crippen molar-refractivity contribution in [1.29, 1.82) is 0 Å². The maximum absolute atomic E-state index is 12.0. The Kier molecular flexibility index (Phi) is 7.40. The van der Waals surface area contributed by atoms with Crippen LogP contribution in [0.5, 0.6) is 5.75 Å². The lowest BCUT2D eigenvalue weighted by molar-refractivity contribution is -0.125. The number of carbonyl (C=O) groups is 2. The minimum absolute atomic E-state index is 0.168. The molecule has 0 aliphatic rings. The molecule has 0 heterocycles. The molecule has 0 radical (unpaired) electrons.